The molecule has 1 aromatic heterocycles. The standard InChI is InChI=1S/C20H25N3O2.2ClH/c24-19-13-23(20(25)15-7-9-21-10-8-15)12-16(19)11-17-6-5-14-3-1-2-4-18(14)22-17;;/h1-6,15-16,19,21,24H,7-13H2;2*1H/t16-,19-;;/m1../s1. The summed E-state index contributed by atoms with van der Waals surface area (Å²) in [6.07, 6.45) is 2.06. The SMILES string of the molecule is Cl.Cl.O=C(C1CCNCC1)N1C[C@@H](Cc2ccc3ccccc3n2)[C@H](O)C1. The second kappa shape index (κ2) is 9.69. The molecule has 1 amide bonds. The van der Waals surface area contributed by atoms with Gasteiger partial charge in [0.15, 0.2) is 0 Å². The van der Waals surface area contributed by atoms with Crippen molar-refractivity contribution in [1.29, 1.82) is 0 Å². The number of halogens is 2. The number of aliphatic hydroxyl groups excluding tert-OH is 1. The largest absolute Gasteiger partial charge is 0.391 e. The van der Waals surface area contributed by atoms with Gasteiger partial charge in [-0.2, -0.15) is 0 Å². The van der Waals surface area contributed by atoms with Gasteiger partial charge in [0.25, 0.3) is 0 Å². The van der Waals surface area contributed by atoms with E-state index in [0.717, 1.165) is 42.5 Å². The quantitative estimate of drug-likeness (QED) is 0.813. The molecular weight excluding hydrogens is 385 g/mol. The number of aromatic nitrogens is 1. The second-order valence-electron chi connectivity index (χ2n) is 7.29. The number of fused-ring (bicyclic) bond motifs is 1. The number of nitrogens with one attached hydrogen (secondary N) is 1. The van der Waals surface area contributed by atoms with Crippen LogP contribution >= 0.6 is 24.8 Å². The summed E-state index contributed by atoms with van der Waals surface area (Å²) in [5.41, 5.74) is 1.97. The van der Waals surface area contributed by atoms with Crippen LogP contribution in [0.2, 0.25) is 0 Å². The van der Waals surface area contributed by atoms with E-state index in [2.05, 4.69) is 17.4 Å². The Morgan fingerprint density at radius 1 is 1.11 bits per heavy atom. The first-order valence-electron chi connectivity index (χ1n) is 9.23. The zero-order chi connectivity index (χ0) is 17.2. The molecule has 0 bridgehead atoms. The number of carbonyl (C=O) groups is 1. The maximum Gasteiger partial charge on any atom is 0.225 e. The van der Waals surface area contributed by atoms with E-state index in [-0.39, 0.29) is 42.6 Å². The van der Waals surface area contributed by atoms with Crippen molar-refractivity contribution in [3.8, 4) is 0 Å². The molecule has 5 nitrogen and oxygen atoms in total. The van der Waals surface area contributed by atoms with Gasteiger partial charge in [-0.25, -0.2) is 0 Å². The smallest absolute Gasteiger partial charge is 0.225 e. The number of para-hydroxylation sites is 1. The lowest BCUT2D eigenvalue weighted by atomic mass is 9.96. The highest BCUT2D eigenvalue weighted by Crippen LogP contribution is 2.25. The molecule has 0 saturated carbocycles. The molecule has 2 fully saturated rings. The molecule has 148 valence electrons. The highest BCUT2D eigenvalue weighted by molar-refractivity contribution is 5.85. The number of aliphatic hydroxyl groups is 1. The van der Waals surface area contributed by atoms with Gasteiger partial charge in [0, 0.05) is 36.0 Å². The monoisotopic (exact) mass is 411 g/mol. The summed E-state index contributed by atoms with van der Waals surface area (Å²) < 4.78 is 0. The third kappa shape index (κ3) is 4.91. The Morgan fingerprint density at radius 2 is 1.85 bits per heavy atom. The van der Waals surface area contributed by atoms with Gasteiger partial charge in [-0.1, -0.05) is 24.3 Å². The summed E-state index contributed by atoms with van der Waals surface area (Å²) >= 11 is 0. The van der Waals surface area contributed by atoms with Crippen LogP contribution in [0.15, 0.2) is 36.4 Å². The van der Waals surface area contributed by atoms with Gasteiger partial charge in [0.05, 0.1) is 11.6 Å². The number of pyridine rings is 1. The highest BCUT2D eigenvalue weighted by atomic mass is 35.5. The Hall–Kier alpha value is -1.40. The van der Waals surface area contributed by atoms with Gasteiger partial charge in [-0.05, 0) is 44.5 Å². The van der Waals surface area contributed by atoms with Crippen LogP contribution in [0, 0.1) is 11.8 Å². The number of likely N-dealkylation sites (tertiary alicyclic amines) is 1. The molecule has 2 saturated heterocycles. The summed E-state index contributed by atoms with van der Waals surface area (Å²) in [7, 11) is 0. The summed E-state index contributed by atoms with van der Waals surface area (Å²) in [6, 6.07) is 12.2. The van der Waals surface area contributed by atoms with Crippen molar-refractivity contribution in [3.05, 3.63) is 42.1 Å². The fraction of sp³-hybridized carbons (Fsp3) is 0.500. The van der Waals surface area contributed by atoms with Crippen LogP contribution in [-0.4, -0.2) is 53.2 Å². The Kier molecular flexibility index (Phi) is 7.86. The summed E-state index contributed by atoms with van der Waals surface area (Å²) in [4.78, 5) is 19.3. The van der Waals surface area contributed by atoms with Crippen molar-refractivity contribution in [2.24, 2.45) is 11.8 Å². The Bertz CT molecular complexity index is 768. The first-order valence-corrected chi connectivity index (χ1v) is 9.23. The molecule has 2 aromatic rings. The third-order valence-electron chi connectivity index (χ3n) is 5.53. The molecule has 2 aliphatic rings. The maximum absolute atomic E-state index is 12.7. The Labute approximate surface area is 172 Å². The minimum absolute atomic E-state index is 0. The Balaban J connectivity index is 0.00000131. The van der Waals surface area contributed by atoms with Crippen LogP contribution < -0.4 is 5.32 Å². The van der Waals surface area contributed by atoms with Crippen molar-refractivity contribution >= 4 is 41.6 Å². The average molecular weight is 412 g/mol. The van der Waals surface area contributed by atoms with E-state index in [1.807, 2.05) is 29.2 Å². The van der Waals surface area contributed by atoms with E-state index in [9.17, 15) is 9.90 Å². The fourth-order valence-electron chi connectivity index (χ4n) is 4.05. The molecule has 1 aromatic carbocycles. The van der Waals surface area contributed by atoms with Crippen molar-refractivity contribution < 1.29 is 9.90 Å². The van der Waals surface area contributed by atoms with E-state index in [1.165, 1.54) is 0 Å². The fourth-order valence-corrected chi connectivity index (χ4v) is 4.05. The molecule has 0 unspecified atom stereocenters. The van der Waals surface area contributed by atoms with Crippen LogP contribution in [0.25, 0.3) is 10.9 Å². The van der Waals surface area contributed by atoms with Gasteiger partial charge in [-0.15, -0.1) is 24.8 Å². The molecule has 2 atom stereocenters. The molecule has 7 heteroatoms. The molecule has 0 spiro atoms. The minimum atomic E-state index is -0.459. The lowest BCUT2D eigenvalue weighted by molar-refractivity contribution is -0.135. The van der Waals surface area contributed by atoms with Crippen LogP contribution in [-0.2, 0) is 11.2 Å². The molecule has 0 radical (unpaired) electrons. The van der Waals surface area contributed by atoms with Crippen LogP contribution in [0.3, 0.4) is 0 Å². The van der Waals surface area contributed by atoms with E-state index in [1.54, 1.807) is 0 Å². The number of nitrogens with zero attached hydrogens (tertiary/aromatic N) is 2. The predicted octanol–water partition coefficient (Wildman–Crippen LogP) is 2.44. The molecule has 2 aliphatic heterocycles. The van der Waals surface area contributed by atoms with Crippen LogP contribution in [0.1, 0.15) is 18.5 Å². The van der Waals surface area contributed by atoms with Crippen molar-refractivity contribution in [1.82, 2.24) is 15.2 Å². The van der Waals surface area contributed by atoms with Gasteiger partial charge < -0.3 is 15.3 Å². The first kappa shape index (κ1) is 21.9. The second-order valence-corrected chi connectivity index (χ2v) is 7.29. The van der Waals surface area contributed by atoms with E-state index >= 15 is 0 Å². The highest BCUT2D eigenvalue weighted by Gasteiger charge is 2.36. The minimum Gasteiger partial charge on any atom is -0.391 e. The average Bonchev–Trinajstić information content (AvgIpc) is 3.02. The molecular formula is C20H27Cl2N3O2. The van der Waals surface area contributed by atoms with Gasteiger partial charge >= 0.3 is 0 Å². The van der Waals surface area contributed by atoms with E-state index in [0.29, 0.717) is 19.5 Å². The summed E-state index contributed by atoms with van der Waals surface area (Å²) in [6.45, 7) is 2.92. The number of hydrogen-bond acceptors (Lipinski definition) is 4. The van der Waals surface area contributed by atoms with Gasteiger partial charge in [0.1, 0.15) is 0 Å². The molecule has 0 aliphatic carbocycles. The third-order valence-corrected chi connectivity index (χ3v) is 5.53. The van der Waals surface area contributed by atoms with Gasteiger partial charge in [-0.3, -0.25) is 9.78 Å². The Morgan fingerprint density at radius 3 is 2.63 bits per heavy atom. The number of β-amino-alcohol motifs (C(OH)–C–C–N with tert-alkyl or cyclic N) is 1. The molecule has 4 rings (SSSR count). The first-order chi connectivity index (χ1) is 12.2. The zero-order valence-corrected chi connectivity index (χ0v) is 16.8. The number of rotatable bonds is 3. The van der Waals surface area contributed by atoms with Crippen LogP contribution in [0.4, 0.5) is 0 Å². The number of hydrogen-bond donors (Lipinski definition) is 2. The van der Waals surface area contributed by atoms with Gasteiger partial charge in [0.2, 0.25) is 5.91 Å². The van der Waals surface area contributed by atoms with Crippen molar-refractivity contribution in [3.63, 3.8) is 0 Å². The molecule has 3 heterocycles. The van der Waals surface area contributed by atoms with Crippen molar-refractivity contribution in [2.75, 3.05) is 26.2 Å². The predicted molar refractivity (Wildman–Crippen MR) is 112 cm³/mol. The maximum atomic E-state index is 12.7. The molecule has 2 N–H and O–H groups in total. The van der Waals surface area contributed by atoms with Crippen molar-refractivity contribution in [2.45, 2.75) is 25.4 Å². The number of benzene rings is 1. The summed E-state index contributed by atoms with van der Waals surface area (Å²) in [5, 5.41) is 14.9. The number of carbonyl (C=O) groups excluding carboxylic acids is 1. The van der Waals surface area contributed by atoms with Crippen LogP contribution in [0.5, 0.6) is 0 Å². The number of amides is 1. The van der Waals surface area contributed by atoms with E-state index < -0.39 is 6.10 Å². The molecule has 27 heavy (non-hydrogen) atoms. The lowest BCUT2D eigenvalue weighted by Crippen LogP contribution is -2.40. The number of piperidine rings is 1. The zero-order valence-electron chi connectivity index (χ0n) is 15.2. The van der Waals surface area contributed by atoms with E-state index in [4.69, 9.17) is 4.98 Å². The normalized spacial score (nSPS) is 22.9. The topological polar surface area (TPSA) is 65.5 Å². The summed E-state index contributed by atoms with van der Waals surface area (Å²) in [5.74, 6) is 0.403. The lowest BCUT2D eigenvalue weighted by Gasteiger charge is -2.26.